The number of ether oxygens (including phenoxy) is 2. The highest BCUT2D eigenvalue weighted by atomic mass is 16.5. The number of esters is 1. The third-order valence-corrected chi connectivity index (χ3v) is 3.89. The van der Waals surface area contributed by atoms with E-state index in [1.165, 1.54) is 7.11 Å². The first-order chi connectivity index (χ1) is 10.1. The predicted octanol–water partition coefficient (Wildman–Crippen LogP) is 2.92. The first-order valence-corrected chi connectivity index (χ1v) is 7.63. The molecule has 21 heavy (non-hydrogen) atoms. The molecule has 4 heteroatoms. The van der Waals surface area contributed by atoms with Gasteiger partial charge < -0.3 is 9.47 Å². The van der Waals surface area contributed by atoms with Gasteiger partial charge in [0.15, 0.2) is 0 Å². The minimum absolute atomic E-state index is 0.0338. The maximum absolute atomic E-state index is 12.3. The maximum atomic E-state index is 12.3. The summed E-state index contributed by atoms with van der Waals surface area (Å²) in [6, 6.07) is 10.00. The van der Waals surface area contributed by atoms with E-state index in [0.29, 0.717) is 6.42 Å². The second-order valence-electron chi connectivity index (χ2n) is 6.02. The molecule has 1 aliphatic carbocycles. The summed E-state index contributed by atoms with van der Waals surface area (Å²) >= 11 is 0. The lowest BCUT2D eigenvalue weighted by atomic mass is 9.79. The van der Waals surface area contributed by atoms with Crippen molar-refractivity contribution >= 4 is 5.97 Å². The van der Waals surface area contributed by atoms with Gasteiger partial charge >= 0.3 is 5.97 Å². The van der Waals surface area contributed by atoms with E-state index in [4.69, 9.17) is 9.47 Å². The van der Waals surface area contributed by atoms with Gasteiger partial charge in [0, 0.05) is 12.5 Å². The molecule has 1 N–H and O–H groups in total. The van der Waals surface area contributed by atoms with Gasteiger partial charge in [0.2, 0.25) is 0 Å². The zero-order valence-corrected chi connectivity index (χ0v) is 13.1. The Hall–Kier alpha value is -1.55. The normalized spacial score (nSPS) is 25.6. The van der Waals surface area contributed by atoms with Crippen LogP contribution < -0.4 is 10.1 Å². The van der Waals surface area contributed by atoms with E-state index in [1.807, 2.05) is 44.2 Å². The van der Waals surface area contributed by atoms with Gasteiger partial charge in [0.05, 0.1) is 7.11 Å². The Bertz CT molecular complexity index is 460. The highest BCUT2D eigenvalue weighted by Crippen LogP contribution is 2.32. The molecule has 0 heterocycles. The molecule has 116 valence electrons. The lowest BCUT2D eigenvalue weighted by molar-refractivity contribution is -0.152. The average Bonchev–Trinajstić information content (AvgIpc) is 2.47. The minimum atomic E-state index is -0.624. The van der Waals surface area contributed by atoms with Crippen molar-refractivity contribution in [2.24, 2.45) is 0 Å². The molecule has 1 saturated carbocycles. The number of para-hydroxylation sites is 1. The van der Waals surface area contributed by atoms with Crippen LogP contribution in [0.3, 0.4) is 0 Å². The first kappa shape index (κ1) is 15.8. The van der Waals surface area contributed by atoms with Crippen LogP contribution in [0.1, 0.15) is 39.5 Å². The van der Waals surface area contributed by atoms with Gasteiger partial charge in [-0.3, -0.25) is 10.1 Å². The fraction of sp³-hybridized carbons (Fsp3) is 0.588. The SMILES string of the molecule is COC(=O)C1(NC(C)C)CCCC(Oc2ccccc2)C1. The smallest absolute Gasteiger partial charge is 0.326 e. The Morgan fingerprint density at radius 2 is 2.05 bits per heavy atom. The number of hydrogen-bond donors (Lipinski definition) is 1. The van der Waals surface area contributed by atoms with Crippen molar-refractivity contribution in [1.82, 2.24) is 5.32 Å². The number of carbonyl (C=O) groups excluding carboxylic acids is 1. The van der Waals surface area contributed by atoms with Crippen molar-refractivity contribution in [3.8, 4) is 5.75 Å². The molecular weight excluding hydrogens is 266 g/mol. The third kappa shape index (κ3) is 3.97. The van der Waals surface area contributed by atoms with Crippen molar-refractivity contribution in [3.05, 3.63) is 30.3 Å². The van der Waals surface area contributed by atoms with Crippen LogP contribution >= 0.6 is 0 Å². The summed E-state index contributed by atoms with van der Waals surface area (Å²) in [5.74, 6) is 0.672. The molecule has 2 unspecified atom stereocenters. The summed E-state index contributed by atoms with van der Waals surface area (Å²) < 4.78 is 11.1. The Morgan fingerprint density at radius 3 is 2.67 bits per heavy atom. The van der Waals surface area contributed by atoms with E-state index >= 15 is 0 Å². The number of benzene rings is 1. The molecular formula is C17H25NO3. The van der Waals surface area contributed by atoms with Gasteiger partial charge in [0.25, 0.3) is 0 Å². The molecule has 1 aromatic carbocycles. The summed E-state index contributed by atoms with van der Waals surface area (Å²) in [5.41, 5.74) is -0.624. The molecule has 2 rings (SSSR count). The minimum Gasteiger partial charge on any atom is -0.490 e. The van der Waals surface area contributed by atoms with Crippen LogP contribution in [-0.2, 0) is 9.53 Å². The molecule has 0 spiro atoms. The van der Waals surface area contributed by atoms with Crippen molar-refractivity contribution < 1.29 is 14.3 Å². The maximum Gasteiger partial charge on any atom is 0.326 e. The van der Waals surface area contributed by atoms with Gasteiger partial charge in [-0.2, -0.15) is 0 Å². The second kappa shape index (κ2) is 6.94. The molecule has 0 bridgehead atoms. The summed E-state index contributed by atoms with van der Waals surface area (Å²) in [6.45, 7) is 4.10. The van der Waals surface area contributed by atoms with Crippen LogP contribution in [0.15, 0.2) is 30.3 Å². The second-order valence-corrected chi connectivity index (χ2v) is 6.02. The summed E-state index contributed by atoms with van der Waals surface area (Å²) in [7, 11) is 1.45. The molecule has 0 aliphatic heterocycles. The van der Waals surface area contributed by atoms with E-state index in [2.05, 4.69) is 5.32 Å². The number of carbonyl (C=O) groups is 1. The molecule has 2 atom stereocenters. The Morgan fingerprint density at radius 1 is 1.33 bits per heavy atom. The number of rotatable bonds is 5. The van der Waals surface area contributed by atoms with Crippen molar-refractivity contribution in [2.75, 3.05) is 7.11 Å². The average molecular weight is 291 g/mol. The number of nitrogens with one attached hydrogen (secondary N) is 1. The van der Waals surface area contributed by atoms with Crippen LogP contribution in [0.4, 0.5) is 0 Å². The lowest BCUT2D eigenvalue weighted by Gasteiger charge is -2.40. The molecule has 4 nitrogen and oxygen atoms in total. The van der Waals surface area contributed by atoms with Gasteiger partial charge in [-0.15, -0.1) is 0 Å². The molecule has 1 aromatic rings. The molecule has 0 saturated heterocycles. The Balaban J connectivity index is 2.10. The van der Waals surface area contributed by atoms with E-state index in [1.54, 1.807) is 0 Å². The van der Waals surface area contributed by atoms with E-state index in [-0.39, 0.29) is 18.1 Å². The molecule has 1 fully saturated rings. The standard InChI is InChI=1S/C17H25NO3/c1-13(2)18-17(16(19)20-3)11-7-10-15(12-17)21-14-8-5-4-6-9-14/h4-6,8-9,13,15,18H,7,10-12H2,1-3H3. The van der Waals surface area contributed by atoms with Crippen LogP contribution in [0.5, 0.6) is 5.75 Å². The fourth-order valence-corrected chi connectivity index (χ4v) is 3.14. The molecule has 0 radical (unpaired) electrons. The predicted molar refractivity (Wildman–Crippen MR) is 82.3 cm³/mol. The molecule has 1 aliphatic rings. The highest BCUT2D eigenvalue weighted by Gasteiger charge is 2.44. The van der Waals surface area contributed by atoms with Crippen LogP contribution in [0.2, 0.25) is 0 Å². The number of methoxy groups -OCH3 is 1. The zero-order chi connectivity index (χ0) is 15.3. The lowest BCUT2D eigenvalue weighted by Crippen LogP contribution is -2.59. The molecule has 0 aromatic heterocycles. The summed E-state index contributed by atoms with van der Waals surface area (Å²) in [6.07, 6.45) is 3.39. The number of hydrogen-bond acceptors (Lipinski definition) is 4. The van der Waals surface area contributed by atoms with Gasteiger partial charge in [-0.05, 0) is 45.2 Å². The van der Waals surface area contributed by atoms with Gasteiger partial charge in [0.1, 0.15) is 17.4 Å². The van der Waals surface area contributed by atoms with Crippen LogP contribution in [0, 0.1) is 0 Å². The Kier molecular flexibility index (Phi) is 5.23. The van der Waals surface area contributed by atoms with Gasteiger partial charge in [-0.25, -0.2) is 0 Å². The monoisotopic (exact) mass is 291 g/mol. The van der Waals surface area contributed by atoms with E-state index < -0.39 is 5.54 Å². The first-order valence-electron chi connectivity index (χ1n) is 7.63. The van der Waals surface area contributed by atoms with Crippen LogP contribution in [-0.4, -0.2) is 30.8 Å². The zero-order valence-electron chi connectivity index (χ0n) is 13.1. The third-order valence-electron chi connectivity index (χ3n) is 3.89. The van der Waals surface area contributed by atoms with Gasteiger partial charge in [-0.1, -0.05) is 18.2 Å². The topological polar surface area (TPSA) is 47.6 Å². The quantitative estimate of drug-likeness (QED) is 0.847. The van der Waals surface area contributed by atoms with Crippen molar-refractivity contribution in [3.63, 3.8) is 0 Å². The highest BCUT2D eigenvalue weighted by molar-refractivity contribution is 5.81. The largest absolute Gasteiger partial charge is 0.490 e. The van der Waals surface area contributed by atoms with E-state index in [9.17, 15) is 4.79 Å². The van der Waals surface area contributed by atoms with Crippen molar-refractivity contribution in [2.45, 2.75) is 57.2 Å². The van der Waals surface area contributed by atoms with Crippen molar-refractivity contribution in [1.29, 1.82) is 0 Å². The summed E-state index contributed by atoms with van der Waals surface area (Å²) in [5, 5.41) is 3.41. The fourth-order valence-electron chi connectivity index (χ4n) is 3.14. The van der Waals surface area contributed by atoms with Crippen LogP contribution in [0.25, 0.3) is 0 Å². The molecule has 0 amide bonds. The summed E-state index contributed by atoms with van der Waals surface area (Å²) in [4.78, 5) is 12.3. The Labute approximate surface area is 126 Å². The van der Waals surface area contributed by atoms with E-state index in [0.717, 1.165) is 25.0 Å².